The number of methoxy groups -OCH3 is 1. The van der Waals surface area contributed by atoms with Crippen molar-refractivity contribution >= 4 is 27.2 Å². The third-order valence-electron chi connectivity index (χ3n) is 3.01. The van der Waals surface area contributed by atoms with Gasteiger partial charge in [-0.1, -0.05) is 18.3 Å². The topological polar surface area (TPSA) is 81.4 Å². The lowest BCUT2D eigenvalue weighted by Gasteiger charge is -2.23. The standard InChI is InChI=1S/C13H20N2O3S2/c1-9-7-10(5-6-11(9)12(14)19)20(16,17)15-8-13(2,3)18-4/h5-7,15H,8H2,1-4H3,(H2,14,19). The molecule has 1 rings (SSSR count). The van der Waals surface area contributed by atoms with Crippen molar-refractivity contribution in [3.05, 3.63) is 29.3 Å². The van der Waals surface area contributed by atoms with Crippen molar-refractivity contribution < 1.29 is 13.2 Å². The van der Waals surface area contributed by atoms with E-state index in [1.165, 1.54) is 13.2 Å². The maximum atomic E-state index is 12.2. The molecule has 0 aliphatic carbocycles. The van der Waals surface area contributed by atoms with Crippen molar-refractivity contribution in [3.63, 3.8) is 0 Å². The lowest BCUT2D eigenvalue weighted by atomic mass is 10.1. The summed E-state index contributed by atoms with van der Waals surface area (Å²) >= 11 is 4.90. The van der Waals surface area contributed by atoms with Gasteiger partial charge in [0.05, 0.1) is 10.5 Å². The highest BCUT2D eigenvalue weighted by Crippen LogP contribution is 2.16. The quantitative estimate of drug-likeness (QED) is 0.774. The van der Waals surface area contributed by atoms with Gasteiger partial charge in [0.2, 0.25) is 10.0 Å². The molecule has 0 saturated carbocycles. The van der Waals surface area contributed by atoms with Crippen LogP contribution >= 0.6 is 12.2 Å². The van der Waals surface area contributed by atoms with E-state index in [0.717, 1.165) is 5.56 Å². The smallest absolute Gasteiger partial charge is 0.240 e. The van der Waals surface area contributed by atoms with Crippen LogP contribution in [0.4, 0.5) is 0 Å². The van der Waals surface area contributed by atoms with Gasteiger partial charge >= 0.3 is 0 Å². The first-order chi connectivity index (χ1) is 9.09. The summed E-state index contributed by atoms with van der Waals surface area (Å²) in [4.78, 5) is 0.432. The highest BCUT2D eigenvalue weighted by molar-refractivity contribution is 7.89. The molecule has 0 amide bonds. The highest BCUT2D eigenvalue weighted by Gasteiger charge is 2.22. The predicted molar refractivity (Wildman–Crippen MR) is 83.3 cm³/mol. The van der Waals surface area contributed by atoms with Crippen molar-refractivity contribution in [3.8, 4) is 0 Å². The summed E-state index contributed by atoms with van der Waals surface area (Å²) in [6.07, 6.45) is 0. The monoisotopic (exact) mass is 316 g/mol. The number of rotatable bonds is 6. The van der Waals surface area contributed by atoms with Crippen LogP contribution in [0.2, 0.25) is 0 Å². The lowest BCUT2D eigenvalue weighted by molar-refractivity contribution is 0.0276. The van der Waals surface area contributed by atoms with Gasteiger partial charge in [-0.15, -0.1) is 0 Å². The summed E-state index contributed by atoms with van der Waals surface area (Å²) in [6, 6.07) is 4.66. The number of ether oxygens (including phenoxy) is 1. The molecular formula is C13H20N2O3S2. The second-order valence-corrected chi connectivity index (χ2v) is 7.34. The largest absolute Gasteiger partial charge is 0.389 e. The molecule has 0 aliphatic heterocycles. The number of sulfonamides is 1. The molecule has 1 aromatic rings. The number of nitrogens with one attached hydrogen (secondary N) is 1. The molecule has 0 radical (unpaired) electrons. The fraction of sp³-hybridized carbons (Fsp3) is 0.462. The predicted octanol–water partition coefficient (Wildman–Crippen LogP) is 1.33. The first-order valence-electron chi connectivity index (χ1n) is 6.04. The Kier molecular flexibility index (Phi) is 5.26. The molecule has 0 unspecified atom stereocenters. The normalized spacial score (nSPS) is 12.4. The second kappa shape index (κ2) is 6.17. The van der Waals surface area contributed by atoms with Crippen LogP contribution in [-0.4, -0.2) is 32.7 Å². The van der Waals surface area contributed by atoms with E-state index in [1.807, 2.05) is 0 Å². The van der Waals surface area contributed by atoms with E-state index in [9.17, 15) is 8.42 Å². The zero-order chi connectivity index (χ0) is 15.6. The van der Waals surface area contributed by atoms with Crippen molar-refractivity contribution in [1.82, 2.24) is 4.72 Å². The summed E-state index contributed by atoms with van der Waals surface area (Å²) in [7, 11) is -2.05. The van der Waals surface area contributed by atoms with Gasteiger partial charge in [0.15, 0.2) is 0 Å². The third-order valence-corrected chi connectivity index (χ3v) is 4.63. The van der Waals surface area contributed by atoms with Crippen LogP contribution in [0.3, 0.4) is 0 Å². The Hall–Kier alpha value is -1.02. The van der Waals surface area contributed by atoms with E-state index in [1.54, 1.807) is 32.9 Å². The molecule has 0 aliphatic rings. The fourth-order valence-electron chi connectivity index (χ4n) is 1.50. The van der Waals surface area contributed by atoms with Gasteiger partial charge in [-0.3, -0.25) is 0 Å². The van der Waals surface area contributed by atoms with Crippen molar-refractivity contribution in [2.24, 2.45) is 5.73 Å². The van der Waals surface area contributed by atoms with Crippen LogP contribution in [-0.2, 0) is 14.8 Å². The number of hydrogen-bond acceptors (Lipinski definition) is 4. The van der Waals surface area contributed by atoms with E-state index in [-0.39, 0.29) is 16.4 Å². The molecule has 3 N–H and O–H groups in total. The minimum Gasteiger partial charge on any atom is -0.389 e. The van der Waals surface area contributed by atoms with E-state index in [4.69, 9.17) is 22.7 Å². The van der Waals surface area contributed by atoms with Gasteiger partial charge < -0.3 is 10.5 Å². The van der Waals surface area contributed by atoms with Gasteiger partial charge in [-0.05, 0) is 38.5 Å². The molecule has 0 heterocycles. The van der Waals surface area contributed by atoms with Crippen LogP contribution in [0.15, 0.2) is 23.1 Å². The number of thiocarbonyl (C=S) groups is 1. The Morgan fingerprint density at radius 1 is 1.45 bits per heavy atom. The number of hydrogen-bond donors (Lipinski definition) is 2. The van der Waals surface area contributed by atoms with Crippen LogP contribution in [0.1, 0.15) is 25.0 Å². The van der Waals surface area contributed by atoms with Crippen LogP contribution in [0.5, 0.6) is 0 Å². The van der Waals surface area contributed by atoms with E-state index in [0.29, 0.717) is 5.56 Å². The molecule has 1 aromatic carbocycles. The third kappa shape index (κ3) is 4.24. The minimum absolute atomic E-state index is 0.182. The summed E-state index contributed by atoms with van der Waals surface area (Å²) in [5.41, 5.74) is 6.39. The zero-order valence-electron chi connectivity index (χ0n) is 12.1. The summed E-state index contributed by atoms with van der Waals surface area (Å²) < 4.78 is 32.1. The van der Waals surface area contributed by atoms with Crippen molar-refractivity contribution in [1.29, 1.82) is 0 Å². The Bertz CT molecular complexity index is 610. The zero-order valence-corrected chi connectivity index (χ0v) is 13.7. The molecule has 5 nitrogen and oxygen atoms in total. The first-order valence-corrected chi connectivity index (χ1v) is 7.93. The molecule has 0 aromatic heterocycles. The van der Waals surface area contributed by atoms with Crippen LogP contribution < -0.4 is 10.5 Å². The average molecular weight is 316 g/mol. The molecule has 0 bridgehead atoms. The fourth-order valence-corrected chi connectivity index (χ4v) is 3.02. The maximum Gasteiger partial charge on any atom is 0.240 e. The highest BCUT2D eigenvalue weighted by atomic mass is 32.2. The Morgan fingerprint density at radius 2 is 2.05 bits per heavy atom. The van der Waals surface area contributed by atoms with Crippen molar-refractivity contribution in [2.45, 2.75) is 31.3 Å². The maximum absolute atomic E-state index is 12.2. The van der Waals surface area contributed by atoms with Gasteiger partial charge in [0.25, 0.3) is 0 Å². The summed E-state index contributed by atoms with van der Waals surface area (Å²) in [5, 5.41) is 0. The Balaban J connectivity index is 2.99. The van der Waals surface area contributed by atoms with E-state index in [2.05, 4.69) is 4.72 Å². The van der Waals surface area contributed by atoms with E-state index < -0.39 is 15.6 Å². The van der Waals surface area contributed by atoms with Gasteiger partial charge in [-0.2, -0.15) is 0 Å². The minimum atomic E-state index is -3.58. The van der Waals surface area contributed by atoms with E-state index >= 15 is 0 Å². The summed E-state index contributed by atoms with van der Waals surface area (Å²) in [5.74, 6) is 0. The molecule has 0 saturated heterocycles. The molecule has 7 heteroatoms. The Morgan fingerprint density at radius 3 is 2.50 bits per heavy atom. The molecule has 112 valence electrons. The van der Waals surface area contributed by atoms with Crippen LogP contribution in [0.25, 0.3) is 0 Å². The molecular weight excluding hydrogens is 296 g/mol. The first kappa shape index (κ1) is 17.0. The molecule has 20 heavy (non-hydrogen) atoms. The molecule has 0 spiro atoms. The van der Waals surface area contributed by atoms with Crippen molar-refractivity contribution in [2.75, 3.05) is 13.7 Å². The number of nitrogens with two attached hydrogens (primary N) is 1. The average Bonchev–Trinajstić information content (AvgIpc) is 2.36. The van der Waals surface area contributed by atoms with Gasteiger partial charge in [-0.25, -0.2) is 13.1 Å². The number of benzene rings is 1. The molecule has 0 fully saturated rings. The second-order valence-electron chi connectivity index (χ2n) is 5.13. The van der Waals surface area contributed by atoms with Gasteiger partial charge in [0.1, 0.15) is 4.99 Å². The molecule has 0 atom stereocenters. The Labute approximate surface area is 125 Å². The van der Waals surface area contributed by atoms with Crippen LogP contribution in [0, 0.1) is 6.92 Å². The summed E-state index contributed by atoms with van der Waals surface area (Å²) in [6.45, 7) is 5.56. The number of aryl methyl sites for hydroxylation is 1. The lowest BCUT2D eigenvalue weighted by Crippen LogP contribution is -2.39. The van der Waals surface area contributed by atoms with Gasteiger partial charge in [0, 0.05) is 19.2 Å². The SMILES string of the molecule is COC(C)(C)CNS(=O)(=O)c1ccc(C(N)=S)c(C)c1.